The Morgan fingerprint density at radius 2 is 2.10 bits per heavy atom. The SMILES string of the molecule is COc1ccc(Cl)cc1Nc1nccc(NCC(C)C)n1. The highest BCUT2D eigenvalue weighted by molar-refractivity contribution is 6.30. The van der Waals surface area contributed by atoms with Crippen LogP contribution < -0.4 is 15.4 Å². The van der Waals surface area contributed by atoms with Crippen LogP contribution in [0.1, 0.15) is 13.8 Å². The first-order chi connectivity index (χ1) is 10.1. The smallest absolute Gasteiger partial charge is 0.229 e. The van der Waals surface area contributed by atoms with Crippen molar-refractivity contribution in [3.8, 4) is 5.75 Å². The molecule has 0 spiro atoms. The molecule has 21 heavy (non-hydrogen) atoms. The van der Waals surface area contributed by atoms with Crippen molar-refractivity contribution < 1.29 is 4.74 Å². The summed E-state index contributed by atoms with van der Waals surface area (Å²) in [6.45, 7) is 5.14. The number of rotatable bonds is 6. The first kappa shape index (κ1) is 15.4. The summed E-state index contributed by atoms with van der Waals surface area (Å²) in [5.74, 6) is 2.50. The number of nitrogens with zero attached hydrogens (tertiary/aromatic N) is 2. The molecule has 0 aliphatic heterocycles. The summed E-state index contributed by atoms with van der Waals surface area (Å²) in [5.41, 5.74) is 0.728. The molecule has 2 N–H and O–H groups in total. The van der Waals surface area contributed by atoms with Gasteiger partial charge in [-0.05, 0) is 30.2 Å². The molecule has 6 heteroatoms. The van der Waals surface area contributed by atoms with E-state index in [2.05, 4.69) is 34.4 Å². The van der Waals surface area contributed by atoms with Crippen LogP contribution in [0.3, 0.4) is 0 Å². The number of nitrogens with one attached hydrogen (secondary N) is 2. The molecule has 2 rings (SSSR count). The maximum absolute atomic E-state index is 6.01. The van der Waals surface area contributed by atoms with Crippen LogP contribution in [0.5, 0.6) is 5.75 Å². The van der Waals surface area contributed by atoms with Gasteiger partial charge in [0.2, 0.25) is 5.95 Å². The van der Waals surface area contributed by atoms with E-state index in [1.807, 2.05) is 6.07 Å². The summed E-state index contributed by atoms with van der Waals surface area (Å²) < 4.78 is 5.29. The summed E-state index contributed by atoms with van der Waals surface area (Å²) in [7, 11) is 1.61. The molecule has 0 fully saturated rings. The molecule has 5 nitrogen and oxygen atoms in total. The average Bonchev–Trinajstić information content (AvgIpc) is 2.46. The Morgan fingerprint density at radius 1 is 1.29 bits per heavy atom. The van der Waals surface area contributed by atoms with E-state index in [1.54, 1.807) is 31.5 Å². The molecule has 1 aromatic carbocycles. The van der Waals surface area contributed by atoms with Crippen LogP contribution >= 0.6 is 11.6 Å². The number of anilines is 3. The third-order valence-electron chi connectivity index (χ3n) is 2.76. The van der Waals surface area contributed by atoms with Crippen molar-refractivity contribution >= 4 is 29.1 Å². The molecule has 2 aromatic rings. The van der Waals surface area contributed by atoms with Crippen LogP contribution in [0.25, 0.3) is 0 Å². The predicted octanol–water partition coefficient (Wildman–Crippen LogP) is 3.95. The standard InChI is InChI=1S/C15H19ClN4O/c1-10(2)9-18-14-6-7-17-15(20-14)19-12-8-11(16)4-5-13(12)21-3/h4-8,10H,9H2,1-3H3,(H2,17,18,19,20). The van der Waals surface area contributed by atoms with E-state index in [1.165, 1.54) is 0 Å². The van der Waals surface area contributed by atoms with Crippen molar-refractivity contribution in [2.45, 2.75) is 13.8 Å². The van der Waals surface area contributed by atoms with Crippen molar-refractivity contribution in [2.75, 3.05) is 24.3 Å². The average molecular weight is 307 g/mol. The summed E-state index contributed by atoms with van der Waals surface area (Å²) in [5, 5.41) is 7.00. The van der Waals surface area contributed by atoms with E-state index in [-0.39, 0.29) is 0 Å². The van der Waals surface area contributed by atoms with Crippen molar-refractivity contribution in [3.63, 3.8) is 0 Å². The second-order valence-corrected chi connectivity index (χ2v) is 5.45. The van der Waals surface area contributed by atoms with E-state index < -0.39 is 0 Å². The molecule has 0 bridgehead atoms. The van der Waals surface area contributed by atoms with Gasteiger partial charge in [0.1, 0.15) is 11.6 Å². The van der Waals surface area contributed by atoms with Crippen LogP contribution in [0.15, 0.2) is 30.5 Å². The lowest BCUT2D eigenvalue weighted by Crippen LogP contribution is -2.10. The lowest BCUT2D eigenvalue weighted by Gasteiger charge is -2.12. The fourth-order valence-electron chi connectivity index (χ4n) is 1.72. The second kappa shape index (κ2) is 7.13. The summed E-state index contributed by atoms with van der Waals surface area (Å²) in [6.07, 6.45) is 1.70. The fourth-order valence-corrected chi connectivity index (χ4v) is 1.90. The first-order valence-corrected chi connectivity index (χ1v) is 7.13. The van der Waals surface area contributed by atoms with Crippen molar-refractivity contribution in [1.82, 2.24) is 9.97 Å². The number of methoxy groups -OCH3 is 1. The van der Waals surface area contributed by atoms with E-state index in [0.717, 1.165) is 18.1 Å². The zero-order chi connectivity index (χ0) is 15.2. The molecule has 0 aliphatic carbocycles. The lowest BCUT2D eigenvalue weighted by atomic mass is 10.2. The molecular formula is C15H19ClN4O. The molecule has 0 aliphatic rings. The van der Waals surface area contributed by atoms with E-state index in [0.29, 0.717) is 22.6 Å². The van der Waals surface area contributed by atoms with E-state index in [9.17, 15) is 0 Å². The first-order valence-electron chi connectivity index (χ1n) is 6.76. The minimum absolute atomic E-state index is 0.490. The van der Waals surface area contributed by atoms with Crippen LogP contribution in [0, 0.1) is 5.92 Å². The Balaban J connectivity index is 2.16. The zero-order valence-electron chi connectivity index (χ0n) is 12.4. The fraction of sp³-hybridized carbons (Fsp3) is 0.333. The summed E-state index contributed by atoms with van der Waals surface area (Å²) >= 11 is 6.01. The van der Waals surface area contributed by atoms with E-state index >= 15 is 0 Å². The predicted molar refractivity (Wildman–Crippen MR) is 86.6 cm³/mol. The molecule has 0 unspecified atom stereocenters. The molecule has 0 atom stereocenters. The molecule has 0 saturated carbocycles. The molecular weight excluding hydrogens is 288 g/mol. The highest BCUT2D eigenvalue weighted by atomic mass is 35.5. The van der Waals surface area contributed by atoms with Crippen LogP contribution in [0.4, 0.5) is 17.5 Å². The quantitative estimate of drug-likeness (QED) is 0.846. The summed E-state index contributed by atoms with van der Waals surface area (Å²) in [6, 6.07) is 7.18. The number of hydrogen-bond donors (Lipinski definition) is 2. The van der Waals surface area contributed by atoms with Gasteiger partial charge >= 0.3 is 0 Å². The van der Waals surface area contributed by atoms with Gasteiger partial charge in [-0.25, -0.2) is 4.98 Å². The zero-order valence-corrected chi connectivity index (χ0v) is 13.1. The Hall–Kier alpha value is -2.01. The molecule has 0 saturated heterocycles. The Kier molecular flexibility index (Phi) is 5.22. The second-order valence-electron chi connectivity index (χ2n) is 5.01. The molecule has 0 amide bonds. The summed E-state index contributed by atoms with van der Waals surface area (Å²) in [4.78, 5) is 8.62. The van der Waals surface area contributed by atoms with Crippen LogP contribution in [0.2, 0.25) is 5.02 Å². The van der Waals surface area contributed by atoms with Gasteiger partial charge in [-0.15, -0.1) is 0 Å². The van der Waals surface area contributed by atoms with Gasteiger partial charge < -0.3 is 15.4 Å². The highest BCUT2D eigenvalue weighted by Crippen LogP contribution is 2.29. The molecule has 0 radical (unpaired) electrons. The minimum Gasteiger partial charge on any atom is -0.495 e. The maximum Gasteiger partial charge on any atom is 0.229 e. The number of halogens is 1. The Bertz CT molecular complexity index is 604. The normalized spacial score (nSPS) is 10.5. The van der Waals surface area contributed by atoms with Crippen LogP contribution in [-0.4, -0.2) is 23.6 Å². The number of ether oxygens (including phenoxy) is 1. The van der Waals surface area contributed by atoms with Gasteiger partial charge in [-0.1, -0.05) is 25.4 Å². The monoisotopic (exact) mass is 306 g/mol. The Morgan fingerprint density at radius 3 is 2.81 bits per heavy atom. The van der Waals surface area contributed by atoms with Gasteiger partial charge in [-0.2, -0.15) is 4.98 Å². The molecule has 1 aromatic heterocycles. The maximum atomic E-state index is 6.01. The van der Waals surface area contributed by atoms with Gasteiger partial charge in [0.15, 0.2) is 0 Å². The number of aromatic nitrogens is 2. The largest absolute Gasteiger partial charge is 0.495 e. The third kappa shape index (κ3) is 4.49. The van der Waals surface area contributed by atoms with Crippen molar-refractivity contribution in [3.05, 3.63) is 35.5 Å². The third-order valence-corrected chi connectivity index (χ3v) is 2.99. The van der Waals surface area contributed by atoms with Crippen molar-refractivity contribution in [1.29, 1.82) is 0 Å². The minimum atomic E-state index is 0.490. The Labute approximate surface area is 129 Å². The number of hydrogen-bond acceptors (Lipinski definition) is 5. The van der Waals surface area contributed by atoms with Gasteiger partial charge in [-0.3, -0.25) is 0 Å². The van der Waals surface area contributed by atoms with Gasteiger partial charge in [0.05, 0.1) is 12.8 Å². The highest BCUT2D eigenvalue weighted by Gasteiger charge is 2.06. The van der Waals surface area contributed by atoms with Gasteiger partial charge in [0, 0.05) is 17.8 Å². The van der Waals surface area contributed by atoms with Crippen LogP contribution in [-0.2, 0) is 0 Å². The lowest BCUT2D eigenvalue weighted by molar-refractivity contribution is 0.417. The molecule has 112 valence electrons. The van der Waals surface area contributed by atoms with Gasteiger partial charge in [0.25, 0.3) is 0 Å². The van der Waals surface area contributed by atoms with Crippen molar-refractivity contribution in [2.24, 2.45) is 5.92 Å². The number of benzene rings is 1. The molecule has 1 heterocycles. The topological polar surface area (TPSA) is 59.1 Å². The van der Waals surface area contributed by atoms with E-state index in [4.69, 9.17) is 16.3 Å².